The molecule has 0 saturated carbocycles. The minimum Gasteiger partial charge on any atom is -0.376 e. The standard InChI is InChI=1S/C22H27N5O2S/c1-14-7-8-20(15(2)10-14)27-22(23-24-25-27)30-13-21(28)19-11-16(3)26(17(19)4)12-18-6-5-9-29-18/h7-8,10-11,18H,5-6,9,12-13H2,1-4H3/t18-/m1/s1. The van der Waals surface area contributed by atoms with Crippen molar-refractivity contribution in [3.05, 3.63) is 52.3 Å². The Kier molecular flexibility index (Phi) is 6.06. The molecule has 8 heteroatoms. The van der Waals surface area contributed by atoms with Crippen LogP contribution in [0.15, 0.2) is 29.4 Å². The molecule has 0 aliphatic carbocycles. The van der Waals surface area contributed by atoms with Gasteiger partial charge in [0.05, 0.1) is 17.5 Å². The number of aryl methyl sites for hydroxylation is 3. The average molecular weight is 426 g/mol. The molecule has 3 aromatic rings. The van der Waals surface area contributed by atoms with Crippen LogP contribution in [0.5, 0.6) is 0 Å². The molecule has 1 fully saturated rings. The first-order valence-corrected chi connectivity index (χ1v) is 11.2. The Morgan fingerprint density at radius 1 is 1.23 bits per heavy atom. The summed E-state index contributed by atoms with van der Waals surface area (Å²) in [5, 5.41) is 12.7. The first-order valence-electron chi connectivity index (χ1n) is 10.2. The van der Waals surface area contributed by atoms with Crippen LogP contribution < -0.4 is 0 Å². The average Bonchev–Trinajstić information content (AvgIpc) is 3.44. The van der Waals surface area contributed by atoms with Crippen molar-refractivity contribution in [1.29, 1.82) is 0 Å². The van der Waals surface area contributed by atoms with Crippen LogP contribution in [0.25, 0.3) is 5.69 Å². The highest BCUT2D eigenvalue weighted by molar-refractivity contribution is 7.99. The second kappa shape index (κ2) is 8.73. The SMILES string of the molecule is Cc1ccc(-n2nnnc2SCC(=O)c2cc(C)n(C[C@H]3CCCO3)c2C)c(C)c1. The third-order valence-electron chi connectivity index (χ3n) is 5.64. The van der Waals surface area contributed by atoms with Gasteiger partial charge in [-0.15, -0.1) is 5.10 Å². The fraction of sp³-hybridized carbons (Fsp3) is 0.455. The van der Waals surface area contributed by atoms with Crippen molar-refractivity contribution < 1.29 is 9.53 Å². The molecular formula is C22H27N5O2S. The molecule has 1 saturated heterocycles. The van der Waals surface area contributed by atoms with Crippen LogP contribution in [-0.4, -0.2) is 49.0 Å². The zero-order valence-corrected chi connectivity index (χ0v) is 18.7. The summed E-state index contributed by atoms with van der Waals surface area (Å²) in [4.78, 5) is 13.0. The smallest absolute Gasteiger partial charge is 0.214 e. The van der Waals surface area contributed by atoms with Crippen LogP contribution >= 0.6 is 11.8 Å². The van der Waals surface area contributed by atoms with Gasteiger partial charge >= 0.3 is 0 Å². The monoisotopic (exact) mass is 425 g/mol. The van der Waals surface area contributed by atoms with E-state index in [1.165, 1.54) is 17.3 Å². The molecule has 1 aromatic carbocycles. The van der Waals surface area contributed by atoms with E-state index in [1.54, 1.807) is 4.68 Å². The van der Waals surface area contributed by atoms with E-state index in [-0.39, 0.29) is 17.6 Å². The van der Waals surface area contributed by atoms with Crippen molar-refractivity contribution in [1.82, 2.24) is 24.8 Å². The van der Waals surface area contributed by atoms with E-state index in [9.17, 15) is 4.79 Å². The second-order valence-electron chi connectivity index (χ2n) is 7.91. The maximum Gasteiger partial charge on any atom is 0.214 e. The molecule has 30 heavy (non-hydrogen) atoms. The molecule has 0 radical (unpaired) electrons. The van der Waals surface area contributed by atoms with Crippen LogP contribution in [0.4, 0.5) is 0 Å². The van der Waals surface area contributed by atoms with Crippen LogP contribution in [0, 0.1) is 27.7 Å². The summed E-state index contributed by atoms with van der Waals surface area (Å²) < 4.78 is 9.67. The normalized spacial score (nSPS) is 16.3. The lowest BCUT2D eigenvalue weighted by atomic mass is 10.1. The summed E-state index contributed by atoms with van der Waals surface area (Å²) in [6.07, 6.45) is 2.44. The molecule has 0 N–H and O–H groups in total. The molecule has 7 nitrogen and oxygen atoms in total. The summed E-state index contributed by atoms with van der Waals surface area (Å²) in [7, 11) is 0. The van der Waals surface area contributed by atoms with Gasteiger partial charge in [-0.05, 0) is 68.7 Å². The summed E-state index contributed by atoms with van der Waals surface area (Å²) >= 11 is 1.36. The van der Waals surface area contributed by atoms with Crippen molar-refractivity contribution >= 4 is 17.5 Å². The number of carbonyl (C=O) groups is 1. The molecule has 0 bridgehead atoms. The fourth-order valence-electron chi connectivity index (χ4n) is 4.03. The minimum atomic E-state index is 0.0851. The van der Waals surface area contributed by atoms with E-state index in [2.05, 4.69) is 33.1 Å². The number of Topliss-reactive ketones (excluding diaryl/α,β-unsaturated/α-hetero) is 1. The van der Waals surface area contributed by atoms with Gasteiger partial charge in [0, 0.05) is 30.1 Å². The number of benzene rings is 1. The molecule has 0 amide bonds. The third-order valence-corrected chi connectivity index (χ3v) is 6.56. The van der Waals surface area contributed by atoms with Gasteiger partial charge in [0.1, 0.15) is 0 Å². The van der Waals surface area contributed by atoms with Crippen LogP contribution in [-0.2, 0) is 11.3 Å². The Morgan fingerprint density at radius 3 is 2.80 bits per heavy atom. The quantitative estimate of drug-likeness (QED) is 0.423. The Labute approximate surface area is 180 Å². The van der Waals surface area contributed by atoms with Crippen LogP contribution in [0.3, 0.4) is 0 Å². The van der Waals surface area contributed by atoms with Crippen molar-refractivity contribution in [3.63, 3.8) is 0 Å². The number of nitrogens with zero attached hydrogens (tertiary/aromatic N) is 5. The molecular weight excluding hydrogens is 398 g/mol. The maximum absolute atomic E-state index is 13.0. The van der Waals surface area contributed by atoms with E-state index in [4.69, 9.17) is 4.74 Å². The highest BCUT2D eigenvalue weighted by Crippen LogP contribution is 2.25. The van der Waals surface area contributed by atoms with E-state index in [0.717, 1.165) is 54.2 Å². The Morgan fingerprint density at radius 2 is 2.07 bits per heavy atom. The zero-order chi connectivity index (χ0) is 21.3. The summed E-state index contributed by atoms with van der Waals surface area (Å²) in [5.41, 5.74) is 6.07. The van der Waals surface area contributed by atoms with Crippen LogP contribution in [0.1, 0.15) is 45.7 Å². The largest absolute Gasteiger partial charge is 0.376 e. The Balaban J connectivity index is 1.48. The molecule has 3 heterocycles. The second-order valence-corrected chi connectivity index (χ2v) is 8.85. The number of hydrogen-bond donors (Lipinski definition) is 0. The summed E-state index contributed by atoms with van der Waals surface area (Å²) in [5.74, 6) is 0.372. The number of ketones is 1. The third kappa shape index (κ3) is 4.20. The number of rotatable bonds is 7. The topological polar surface area (TPSA) is 74.8 Å². The number of thioether (sulfide) groups is 1. The Hall–Kier alpha value is -2.45. The number of aromatic nitrogens is 5. The van der Waals surface area contributed by atoms with Gasteiger partial charge in [-0.3, -0.25) is 4.79 Å². The van der Waals surface area contributed by atoms with E-state index in [0.29, 0.717) is 5.16 Å². The molecule has 2 aromatic heterocycles. The molecule has 0 unspecified atom stereocenters. The van der Waals surface area contributed by atoms with Gasteiger partial charge in [0.2, 0.25) is 5.16 Å². The van der Waals surface area contributed by atoms with E-state index < -0.39 is 0 Å². The fourth-order valence-corrected chi connectivity index (χ4v) is 4.79. The molecule has 1 aliphatic rings. The van der Waals surface area contributed by atoms with Gasteiger partial charge in [0.25, 0.3) is 0 Å². The van der Waals surface area contributed by atoms with Gasteiger partial charge < -0.3 is 9.30 Å². The number of tetrazole rings is 1. The number of carbonyl (C=O) groups excluding carboxylic acids is 1. The van der Waals surface area contributed by atoms with Crippen molar-refractivity contribution in [2.45, 2.75) is 58.3 Å². The van der Waals surface area contributed by atoms with Gasteiger partial charge in [0.15, 0.2) is 5.78 Å². The van der Waals surface area contributed by atoms with Gasteiger partial charge in [-0.1, -0.05) is 29.5 Å². The predicted octanol–water partition coefficient (Wildman–Crippen LogP) is 3.85. The van der Waals surface area contributed by atoms with E-state index in [1.807, 2.05) is 39.0 Å². The minimum absolute atomic E-state index is 0.0851. The maximum atomic E-state index is 13.0. The highest BCUT2D eigenvalue weighted by Gasteiger charge is 2.22. The highest BCUT2D eigenvalue weighted by atomic mass is 32.2. The lowest BCUT2D eigenvalue weighted by Gasteiger charge is -2.14. The lowest BCUT2D eigenvalue weighted by Crippen LogP contribution is -2.17. The first kappa shape index (κ1) is 20.8. The molecule has 158 valence electrons. The van der Waals surface area contributed by atoms with Gasteiger partial charge in [-0.2, -0.15) is 4.68 Å². The summed E-state index contributed by atoms with van der Waals surface area (Å²) in [6.45, 7) is 9.79. The molecule has 1 atom stereocenters. The predicted molar refractivity (Wildman–Crippen MR) is 117 cm³/mol. The van der Waals surface area contributed by atoms with Gasteiger partial charge in [-0.25, -0.2) is 0 Å². The molecule has 1 aliphatic heterocycles. The van der Waals surface area contributed by atoms with Crippen molar-refractivity contribution in [2.24, 2.45) is 0 Å². The molecule has 4 rings (SSSR count). The van der Waals surface area contributed by atoms with Crippen molar-refractivity contribution in [3.8, 4) is 5.69 Å². The zero-order valence-electron chi connectivity index (χ0n) is 17.9. The van der Waals surface area contributed by atoms with Crippen LogP contribution in [0.2, 0.25) is 0 Å². The van der Waals surface area contributed by atoms with Crippen molar-refractivity contribution in [2.75, 3.05) is 12.4 Å². The number of ether oxygens (including phenoxy) is 1. The lowest BCUT2D eigenvalue weighted by molar-refractivity contribution is 0.0957. The number of hydrogen-bond acceptors (Lipinski definition) is 6. The first-order chi connectivity index (χ1) is 14.4. The Bertz CT molecular complexity index is 1070. The van der Waals surface area contributed by atoms with E-state index >= 15 is 0 Å². The molecule has 0 spiro atoms. The summed E-state index contributed by atoms with van der Waals surface area (Å²) in [6, 6.07) is 8.12.